The number of hydrogen-bond donors (Lipinski definition) is 2. The molecular formula is C14H27N5. The molecule has 0 amide bonds. The summed E-state index contributed by atoms with van der Waals surface area (Å²) >= 11 is 0. The van der Waals surface area contributed by atoms with E-state index >= 15 is 0 Å². The maximum Gasteiger partial charge on any atom is 0.191 e. The average molecular weight is 265 g/mol. The summed E-state index contributed by atoms with van der Waals surface area (Å²) < 4.78 is 2.18. The number of imidazole rings is 1. The summed E-state index contributed by atoms with van der Waals surface area (Å²) in [5.41, 5.74) is 0. The number of hydrogen-bond acceptors (Lipinski definition) is 2. The van der Waals surface area contributed by atoms with Crippen molar-refractivity contribution in [2.24, 2.45) is 10.9 Å². The van der Waals surface area contributed by atoms with Crippen molar-refractivity contribution in [3.63, 3.8) is 0 Å². The molecule has 0 fully saturated rings. The lowest BCUT2D eigenvalue weighted by atomic mass is 10.2. The van der Waals surface area contributed by atoms with Crippen molar-refractivity contribution >= 4 is 5.96 Å². The van der Waals surface area contributed by atoms with Gasteiger partial charge in [0, 0.05) is 32.0 Å². The van der Waals surface area contributed by atoms with Crippen molar-refractivity contribution in [1.82, 2.24) is 20.2 Å². The third-order valence-corrected chi connectivity index (χ3v) is 2.63. The molecule has 19 heavy (non-hydrogen) atoms. The van der Waals surface area contributed by atoms with E-state index in [1.807, 2.05) is 12.4 Å². The van der Waals surface area contributed by atoms with Crippen LogP contribution in [0.15, 0.2) is 17.4 Å². The molecule has 2 N–H and O–H groups in total. The van der Waals surface area contributed by atoms with Crippen molar-refractivity contribution in [1.29, 1.82) is 0 Å². The number of nitrogens with one attached hydrogen (secondary N) is 2. The molecule has 0 radical (unpaired) electrons. The van der Waals surface area contributed by atoms with Crippen LogP contribution in [0.1, 0.15) is 39.9 Å². The van der Waals surface area contributed by atoms with Crippen LogP contribution in [0.3, 0.4) is 0 Å². The van der Waals surface area contributed by atoms with Crippen LogP contribution in [0, 0.1) is 5.92 Å². The summed E-state index contributed by atoms with van der Waals surface area (Å²) in [5, 5.41) is 6.54. The first-order valence-corrected chi connectivity index (χ1v) is 7.19. The molecule has 0 atom stereocenters. The predicted molar refractivity (Wildman–Crippen MR) is 80.2 cm³/mol. The van der Waals surface area contributed by atoms with Gasteiger partial charge in [-0.05, 0) is 19.3 Å². The van der Waals surface area contributed by atoms with E-state index < -0.39 is 0 Å². The molecule has 1 heterocycles. The second-order valence-electron chi connectivity index (χ2n) is 5.01. The number of rotatable bonds is 7. The lowest BCUT2D eigenvalue weighted by Crippen LogP contribution is -2.37. The molecule has 0 spiro atoms. The van der Waals surface area contributed by atoms with Gasteiger partial charge in [0.1, 0.15) is 12.4 Å². The van der Waals surface area contributed by atoms with Crippen LogP contribution in [0.2, 0.25) is 0 Å². The lowest BCUT2D eigenvalue weighted by molar-refractivity contribution is 0.507. The van der Waals surface area contributed by atoms with E-state index in [-0.39, 0.29) is 0 Å². The minimum Gasteiger partial charge on any atom is -0.357 e. The second kappa shape index (κ2) is 8.56. The Kier molecular flexibility index (Phi) is 7.00. The van der Waals surface area contributed by atoms with Crippen LogP contribution >= 0.6 is 0 Å². The molecule has 1 aromatic rings. The van der Waals surface area contributed by atoms with Gasteiger partial charge in [-0.1, -0.05) is 20.8 Å². The van der Waals surface area contributed by atoms with Gasteiger partial charge < -0.3 is 15.2 Å². The first kappa shape index (κ1) is 15.5. The zero-order chi connectivity index (χ0) is 14.1. The molecule has 0 unspecified atom stereocenters. The quantitative estimate of drug-likeness (QED) is 0.586. The first-order chi connectivity index (χ1) is 9.17. The summed E-state index contributed by atoms with van der Waals surface area (Å²) in [5.74, 6) is 2.49. The zero-order valence-corrected chi connectivity index (χ0v) is 12.6. The minimum atomic E-state index is 0.610. The Labute approximate surface area is 116 Å². The number of nitrogens with zero attached hydrogens (tertiary/aromatic N) is 3. The van der Waals surface area contributed by atoms with Gasteiger partial charge in [0.15, 0.2) is 5.96 Å². The van der Waals surface area contributed by atoms with Crippen LogP contribution in [0.25, 0.3) is 0 Å². The van der Waals surface area contributed by atoms with Crippen molar-refractivity contribution in [3.8, 4) is 0 Å². The minimum absolute atomic E-state index is 0.610. The van der Waals surface area contributed by atoms with E-state index in [1.54, 1.807) is 0 Å². The molecule has 0 aromatic carbocycles. The molecule has 108 valence electrons. The highest BCUT2D eigenvalue weighted by Crippen LogP contribution is 2.04. The summed E-state index contributed by atoms with van der Waals surface area (Å²) in [7, 11) is 0. The fraction of sp³-hybridized carbons (Fsp3) is 0.714. The maximum atomic E-state index is 4.57. The summed E-state index contributed by atoms with van der Waals surface area (Å²) in [6.45, 7) is 12.0. The topological polar surface area (TPSA) is 54.2 Å². The second-order valence-corrected chi connectivity index (χ2v) is 5.01. The standard InChI is InChI=1S/C14H27N5/c1-5-7-17-14(15-6-2)18-10-13-16-8-9-19(13)11-12(3)4/h8-9,12H,5-7,10-11H2,1-4H3,(H2,15,17,18). The molecule has 0 saturated heterocycles. The van der Waals surface area contributed by atoms with Crippen LogP contribution in [-0.4, -0.2) is 28.6 Å². The molecule has 0 bridgehead atoms. The van der Waals surface area contributed by atoms with Gasteiger partial charge in [0.05, 0.1) is 0 Å². The molecule has 0 aliphatic rings. The van der Waals surface area contributed by atoms with Gasteiger partial charge in [-0.2, -0.15) is 0 Å². The number of aromatic nitrogens is 2. The monoisotopic (exact) mass is 265 g/mol. The zero-order valence-electron chi connectivity index (χ0n) is 12.6. The first-order valence-electron chi connectivity index (χ1n) is 7.19. The van der Waals surface area contributed by atoms with E-state index in [1.165, 1.54) is 0 Å². The van der Waals surface area contributed by atoms with Gasteiger partial charge in [0.2, 0.25) is 0 Å². The number of aliphatic imine (C=N–C) groups is 1. The molecule has 1 aromatic heterocycles. The highest BCUT2D eigenvalue weighted by atomic mass is 15.2. The van der Waals surface area contributed by atoms with E-state index in [4.69, 9.17) is 0 Å². The molecular weight excluding hydrogens is 238 g/mol. The van der Waals surface area contributed by atoms with Crippen molar-refractivity contribution < 1.29 is 0 Å². The van der Waals surface area contributed by atoms with Gasteiger partial charge in [-0.15, -0.1) is 0 Å². The van der Waals surface area contributed by atoms with Gasteiger partial charge in [-0.3, -0.25) is 0 Å². The summed E-state index contributed by atoms with van der Waals surface area (Å²) in [4.78, 5) is 8.95. The maximum absolute atomic E-state index is 4.57. The Balaban J connectivity index is 2.63. The van der Waals surface area contributed by atoms with Crippen LogP contribution in [0.5, 0.6) is 0 Å². The summed E-state index contributed by atoms with van der Waals surface area (Å²) in [6.07, 6.45) is 4.96. The Morgan fingerprint density at radius 2 is 2.16 bits per heavy atom. The Morgan fingerprint density at radius 3 is 2.79 bits per heavy atom. The predicted octanol–water partition coefficient (Wildman–Crippen LogP) is 2.00. The van der Waals surface area contributed by atoms with Crippen molar-refractivity contribution in [2.45, 2.75) is 47.2 Å². The molecule has 1 rings (SSSR count). The highest BCUT2D eigenvalue weighted by Gasteiger charge is 2.04. The lowest BCUT2D eigenvalue weighted by Gasteiger charge is -2.11. The molecule has 0 aliphatic heterocycles. The van der Waals surface area contributed by atoms with Gasteiger partial charge in [0.25, 0.3) is 0 Å². The Bertz CT molecular complexity index is 381. The SMILES string of the molecule is CCCNC(=NCc1nccn1CC(C)C)NCC. The van der Waals surface area contributed by atoms with E-state index in [0.717, 1.165) is 37.8 Å². The molecule has 0 saturated carbocycles. The third-order valence-electron chi connectivity index (χ3n) is 2.63. The Hall–Kier alpha value is -1.52. The smallest absolute Gasteiger partial charge is 0.191 e. The van der Waals surface area contributed by atoms with Crippen molar-refractivity contribution in [2.75, 3.05) is 13.1 Å². The highest BCUT2D eigenvalue weighted by molar-refractivity contribution is 5.79. The average Bonchev–Trinajstić information content (AvgIpc) is 2.79. The Morgan fingerprint density at radius 1 is 1.37 bits per heavy atom. The molecule has 0 aliphatic carbocycles. The normalized spacial score (nSPS) is 11.9. The number of guanidine groups is 1. The largest absolute Gasteiger partial charge is 0.357 e. The van der Waals surface area contributed by atoms with E-state index in [0.29, 0.717) is 12.5 Å². The summed E-state index contributed by atoms with van der Waals surface area (Å²) in [6, 6.07) is 0. The van der Waals surface area contributed by atoms with Crippen LogP contribution < -0.4 is 10.6 Å². The van der Waals surface area contributed by atoms with Gasteiger partial charge in [-0.25, -0.2) is 9.98 Å². The van der Waals surface area contributed by atoms with Crippen molar-refractivity contribution in [3.05, 3.63) is 18.2 Å². The van der Waals surface area contributed by atoms with Gasteiger partial charge >= 0.3 is 0 Å². The van der Waals surface area contributed by atoms with Crippen LogP contribution in [-0.2, 0) is 13.1 Å². The van der Waals surface area contributed by atoms with Crippen LogP contribution in [0.4, 0.5) is 0 Å². The van der Waals surface area contributed by atoms with E-state index in [9.17, 15) is 0 Å². The van der Waals surface area contributed by atoms with E-state index in [2.05, 4.69) is 52.9 Å². The molecule has 5 nitrogen and oxygen atoms in total. The molecule has 5 heteroatoms. The third kappa shape index (κ3) is 5.77. The fourth-order valence-corrected chi connectivity index (χ4v) is 1.79. The fourth-order valence-electron chi connectivity index (χ4n) is 1.79.